The van der Waals surface area contributed by atoms with E-state index in [2.05, 4.69) is 19.2 Å². The van der Waals surface area contributed by atoms with Crippen LogP contribution in [0.2, 0.25) is 0 Å². The van der Waals surface area contributed by atoms with Crippen molar-refractivity contribution in [1.82, 2.24) is 5.32 Å². The lowest BCUT2D eigenvalue weighted by Gasteiger charge is -2.19. The van der Waals surface area contributed by atoms with Crippen molar-refractivity contribution in [3.8, 4) is 11.5 Å². The molecule has 0 aliphatic rings. The number of nitrogens with two attached hydrogens (primary N) is 1. The largest absolute Gasteiger partial charge is 0.497 e. The maximum atomic E-state index is 12.2. The van der Waals surface area contributed by atoms with E-state index in [1.165, 1.54) is 0 Å². The maximum Gasteiger partial charge on any atom is 0.224 e. The summed E-state index contributed by atoms with van der Waals surface area (Å²) in [4.78, 5) is 12.2. The second-order valence-electron chi connectivity index (χ2n) is 5.48. The highest BCUT2D eigenvalue weighted by molar-refractivity contribution is 5.85. The Morgan fingerprint density at radius 2 is 1.95 bits per heavy atom. The van der Waals surface area contributed by atoms with Gasteiger partial charge in [-0.1, -0.05) is 13.8 Å². The van der Waals surface area contributed by atoms with Crippen molar-refractivity contribution in [2.75, 3.05) is 20.8 Å². The Bertz CT molecular complexity index is 467. The van der Waals surface area contributed by atoms with Gasteiger partial charge in [0.1, 0.15) is 11.5 Å². The van der Waals surface area contributed by atoms with Crippen LogP contribution < -0.4 is 20.5 Å². The number of ether oxygens (including phenoxy) is 2. The van der Waals surface area contributed by atoms with E-state index >= 15 is 0 Å². The van der Waals surface area contributed by atoms with Crippen molar-refractivity contribution < 1.29 is 14.3 Å². The molecule has 3 N–H and O–H groups in total. The van der Waals surface area contributed by atoms with Gasteiger partial charge >= 0.3 is 0 Å². The van der Waals surface area contributed by atoms with E-state index in [1.54, 1.807) is 20.3 Å². The molecule has 0 spiro atoms. The lowest BCUT2D eigenvalue weighted by Crippen LogP contribution is -2.41. The number of benzene rings is 1. The number of amides is 1. The van der Waals surface area contributed by atoms with Crippen molar-refractivity contribution in [3.05, 3.63) is 23.8 Å². The van der Waals surface area contributed by atoms with E-state index in [0.717, 1.165) is 12.0 Å². The number of carbonyl (C=O) groups excluding carboxylic acids is 1. The predicted molar refractivity (Wildman–Crippen MR) is 90.9 cm³/mol. The fraction of sp³-hybridized carbons (Fsp3) is 0.562. The minimum atomic E-state index is -0.0577. The summed E-state index contributed by atoms with van der Waals surface area (Å²) >= 11 is 0. The average Bonchev–Trinajstić information content (AvgIpc) is 2.45. The van der Waals surface area contributed by atoms with Crippen LogP contribution in [0.25, 0.3) is 0 Å². The molecule has 0 bridgehead atoms. The van der Waals surface area contributed by atoms with Crippen LogP contribution >= 0.6 is 12.4 Å². The molecular weight excluding hydrogens is 304 g/mol. The Balaban J connectivity index is 0.00000441. The zero-order chi connectivity index (χ0) is 15.8. The van der Waals surface area contributed by atoms with Gasteiger partial charge in [0.2, 0.25) is 5.91 Å². The quantitative estimate of drug-likeness (QED) is 0.766. The number of methoxy groups -OCH3 is 2. The van der Waals surface area contributed by atoms with Gasteiger partial charge in [0.15, 0.2) is 0 Å². The Morgan fingerprint density at radius 3 is 2.45 bits per heavy atom. The molecule has 1 rings (SSSR count). The average molecular weight is 331 g/mol. The molecule has 126 valence electrons. The van der Waals surface area contributed by atoms with E-state index < -0.39 is 0 Å². The summed E-state index contributed by atoms with van der Waals surface area (Å²) in [5.74, 6) is 1.82. The van der Waals surface area contributed by atoms with Crippen LogP contribution in [0.15, 0.2) is 18.2 Å². The monoisotopic (exact) mass is 330 g/mol. The summed E-state index contributed by atoms with van der Waals surface area (Å²) in [6.45, 7) is 4.67. The lowest BCUT2D eigenvalue weighted by atomic mass is 10.0. The first-order valence-electron chi connectivity index (χ1n) is 7.20. The molecular formula is C16H27ClN2O3. The molecule has 0 aromatic heterocycles. The summed E-state index contributed by atoms with van der Waals surface area (Å²) in [5.41, 5.74) is 6.51. The molecule has 1 amide bonds. The van der Waals surface area contributed by atoms with Crippen molar-refractivity contribution in [1.29, 1.82) is 0 Å². The van der Waals surface area contributed by atoms with E-state index in [4.69, 9.17) is 15.2 Å². The molecule has 1 aromatic carbocycles. The van der Waals surface area contributed by atoms with Gasteiger partial charge in [0.25, 0.3) is 0 Å². The highest BCUT2D eigenvalue weighted by atomic mass is 35.5. The molecule has 0 aliphatic carbocycles. The molecule has 0 fully saturated rings. The van der Waals surface area contributed by atoms with Crippen LogP contribution in [0.3, 0.4) is 0 Å². The Hall–Kier alpha value is -1.46. The van der Waals surface area contributed by atoms with Crippen LogP contribution in [-0.2, 0) is 11.2 Å². The first-order chi connectivity index (χ1) is 9.99. The lowest BCUT2D eigenvalue weighted by molar-refractivity contribution is -0.121. The predicted octanol–water partition coefficient (Wildman–Crippen LogP) is 2.16. The molecule has 1 unspecified atom stereocenters. The van der Waals surface area contributed by atoms with Crippen LogP contribution in [0.5, 0.6) is 11.5 Å². The van der Waals surface area contributed by atoms with Gasteiger partial charge in [-0.05, 0) is 30.5 Å². The molecule has 0 aliphatic heterocycles. The van der Waals surface area contributed by atoms with Gasteiger partial charge in [-0.25, -0.2) is 0 Å². The van der Waals surface area contributed by atoms with Gasteiger partial charge in [0, 0.05) is 18.2 Å². The minimum absolute atomic E-state index is 0. The van der Waals surface area contributed by atoms with Gasteiger partial charge in [-0.3, -0.25) is 4.79 Å². The van der Waals surface area contributed by atoms with Crippen LogP contribution in [-0.4, -0.2) is 32.7 Å². The van der Waals surface area contributed by atoms with Gasteiger partial charge in [-0.15, -0.1) is 12.4 Å². The molecule has 0 saturated heterocycles. The Morgan fingerprint density at radius 1 is 1.27 bits per heavy atom. The van der Waals surface area contributed by atoms with E-state index in [0.29, 0.717) is 24.0 Å². The third-order valence-electron chi connectivity index (χ3n) is 3.24. The summed E-state index contributed by atoms with van der Waals surface area (Å²) in [7, 11) is 3.18. The summed E-state index contributed by atoms with van der Waals surface area (Å²) in [6, 6.07) is 5.43. The third kappa shape index (κ3) is 6.54. The number of hydrogen-bond acceptors (Lipinski definition) is 4. The normalized spacial score (nSPS) is 11.5. The first kappa shape index (κ1) is 20.5. The van der Waals surface area contributed by atoms with Gasteiger partial charge < -0.3 is 20.5 Å². The van der Waals surface area contributed by atoms with E-state index in [1.807, 2.05) is 12.1 Å². The first-order valence-corrected chi connectivity index (χ1v) is 7.20. The van der Waals surface area contributed by atoms with Gasteiger partial charge in [0.05, 0.1) is 20.6 Å². The second kappa shape index (κ2) is 10.3. The topological polar surface area (TPSA) is 73.6 Å². The summed E-state index contributed by atoms with van der Waals surface area (Å²) in [6.07, 6.45) is 1.12. The third-order valence-corrected chi connectivity index (χ3v) is 3.24. The fourth-order valence-corrected chi connectivity index (χ4v) is 2.25. The van der Waals surface area contributed by atoms with Crippen molar-refractivity contribution in [2.24, 2.45) is 11.7 Å². The SMILES string of the molecule is COc1ccc(OC)c(CC(=O)NC(CN)CC(C)C)c1.Cl. The zero-order valence-electron chi connectivity index (χ0n) is 13.7. The maximum absolute atomic E-state index is 12.2. The highest BCUT2D eigenvalue weighted by Crippen LogP contribution is 2.24. The summed E-state index contributed by atoms with van der Waals surface area (Å²) < 4.78 is 10.5. The molecule has 22 heavy (non-hydrogen) atoms. The van der Waals surface area contributed by atoms with Crippen molar-refractivity contribution >= 4 is 18.3 Å². The molecule has 0 radical (unpaired) electrons. The molecule has 1 aromatic rings. The van der Waals surface area contributed by atoms with Crippen molar-refractivity contribution in [3.63, 3.8) is 0 Å². The molecule has 1 atom stereocenters. The molecule has 6 heteroatoms. The molecule has 5 nitrogen and oxygen atoms in total. The number of halogens is 1. The summed E-state index contributed by atoms with van der Waals surface area (Å²) in [5, 5.41) is 2.97. The smallest absolute Gasteiger partial charge is 0.224 e. The van der Waals surface area contributed by atoms with Gasteiger partial charge in [-0.2, -0.15) is 0 Å². The number of hydrogen-bond donors (Lipinski definition) is 2. The van der Waals surface area contributed by atoms with E-state index in [9.17, 15) is 4.79 Å². The Labute approximate surface area is 139 Å². The number of rotatable bonds is 8. The van der Waals surface area contributed by atoms with E-state index in [-0.39, 0.29) is 30.8 Å². The number of nitrogens with one attached hydrogen (secondary N) is 1. The van der Waals surface area contributed by atoms with Crippen LogP contribution in [0.1, 0.15) is 25.8 Å². The standard InChI is InChI=1S/C16H26N2O3.ClH/c1-11(2)7-13(10-17)18-16(19)9-12-8-14(20-3)5-6-15(12)21-4;/h5-6,8,11,13H,7,9-10,17H2,1-4H3,(H,18,19);1H. The molecule has 0 heterocycles. The fourth-order valence-electron chi connectivity index (χ4n) is 2.25. The van der Waals surface area contributed by atoms with Crippen LogP contribution in [0.4, 0.5) is 0 Å². The van der Waals surface area contributed by atoms with Crippen LogP contribution in [0, 0.1) is 5.92 Å². The highest BCUT2D eigenvalue weighted by Gasteiger charge is 2.15. The Kier molecular flexibility index (Phi) is 9.61. The number of carbonyl (C=O) groups is 1. The zero-order valence-corrected chi connectivity index (χ0v) is 14.5. The minimum Gasteiger partial charge on any atom is -0.497 e. The molecule has 0 saturated carbocycles. The van der Waals surface area contributed by atoms with Crippen molar-refractivity contribution in [2.45, 2.75) is 32.7 Å². The second-order valence-corrected chi connectivity index (χ2v) is 5.48.